The number of thiazole rings is 1. The van der Waals surface area contributed by atoms with E-state index in [9.17, 15) is 13.2 Å². The molecule has 0 radical (unpaired) electrons. The summed E-state index contributed by atoms with van der Waals surface area (Å²) in [6, 6.07) is 1.65. The molecule has 0 aromatic carbocycles. The van der Waals surface area contributed by atoms with Crippen LogP contribution in [0.25, 0.3) is 0 Å². The van der Waals surface area contributed by atoms with E-state index in [1.54, 1.807) is 18.4 Å². The molecule has 0 unspecified atom stereocenters. The van der Waals surface area contributed by atoms with Gasteiger partial charge in [-0.15, -0.1) is 22.7 Å². The van der Waals surface area contributed by atoms with E-state index in [4.69, 9.17) is 5.11 Å². The van der Waals surface area contributed by atoms with Crippen molar-refractivity contribution in [2.24, 2.45) is 0 Å². The quantitative estimate of drug-likeness (QED) is 0.808. The number of aromatic carboxylic acids is 1. The monoisotopic (exact) mass is 396 g/mol. The molecular weight excluding hydrogens is 388 g/mol. The van der Waals surface area contributed by atoms with E-state index < -0.39 is 16.0 Å². The molecule has 0 bridgehead atoms. The molecule has 0 amide bonds. The molecule has 2 aromatic rings. The number of carboxylic acids is 1. The number of carboxylic acid groups (broad SMARTS) is 1. The van der Waals surface area contributed by atoms with Gasteiger partial charge >= 0.3 is 5.97 Å². The molecular formula is C10H9BrN2O4S3. The minimum Gasteiger partial charge on any atom is -0.477 e. The Morgan fingerprint density at radius 3 is 2.75 bits per heavy atom. The van der Waals surface area contributed by atoms with E-state index in [1.165, 1.54) is 0 Å². The average Bonchev–Trinajstić information content (AvgIpc) is 2.93. The lowest BCUT2D eigenvalue weighted by molar-refractivity contribution is 0.0701. The van der Waals surface area contributed by atoms with Gasteiger partial charge in [0, 0.05) is 4.47 Å². The Kier molecular flexibility index (Phi) is 4.59. The van der Waals surface area contributed by atoms with Crippen LogP contribution in [0, 0.1) is 6.92 Å². The zero-order chi connectivity index (χ0) is 14.9. The second-order valence-corrected chi connectivity index (χ2v) is 8.52. The lowest BCUT2D eigenvalue weighted by atomic mass is 10.4. The fraction of sp³-hybridized carbons (Fsp3) is 0.200. The number of sulfonamides is 1. The van der Waals surface area contributed by atoms with Crippen molar-refractivity contribution >= 4 is 54.6 Å². The second-order valence-electron chi connectivity index (χ2n) is 3.71. The number of nitrogens with one attached hydrogen (secondary N) is 1. The summed E-state index contributed by atoms with van der Waals surface area (Å²) in [6.07, 6.45) is 0. The van der Waals surface area contributed by atoms with E-state index in [1.807, 2.05) is 0 Å². The maximum absolute atomic E-state index is 12.0. The molecule has 2 aromatic heterocycles. The van der Waals surface area contributed by atoms with E-state index in [2.05, 4.69) is 25.6 Å². The summed E-state index contributed by atoms with van der Waals surface area (Å²) in [5.74, 6) is -1.06. The van der Waals surface area contributed by atoms with E-state index >= 15 is 0 Å². The Bertz CT molecular complexity index is 750. The minimum atomic E-state index is -3.63. The fourth-order valence-corrected chi connectivity index (χ4v) is 5.72. The number of aryl methyl sites for hydroxylation is 1. The number of hydrogen-bond donors (Lipinski definition) is 2. The van der Waals surface area contributed by atoms with Gasteiger partial charge in [-0.25, -0.2) is 22.9 Å². The number of thiophene rings is 1. The van der Waals surface area contributed by atoms with Gasteiger partial charge in [0.15, 0.2) is 0 Å². The van der Waals surface area contributed by atoms with Gasteiger partial charge in [-0.3, -0.25) is 0 Å². The first kappa shape index (κ1) is 15.6. The van der Waals surface area contributed by atoms with Gasteiger partial charge in [-0.1, -0.05) is 0 Å². The number of aromatic nitrogens is 1. The normalized spacial score (nSPS) is 11.7. The van der Waals surface area contributed by atoms with Crippen LogP contribution in [-0.4, -0.2) is 24.5 Å². The minimum absolute atomic E-state index is 0.0362. The number of nitrogens with zero attached hydrogens (tertiary/aromatic N) is 1. The van der Waals surface area contributed by atoms with E-state index in [0.717, 1.165) is 22.7 Å². The standard InChI is InChI=1S/C10H9BrN2O4S3/c1-5-8(9(14)15)19-7(13-5)4-12-20(16,17)10-6(11)2-3-18-10/h2-3,12H,4H2,1H3,(H,14,15). The summed E-state index contributed by atoms with van der Waals surface area (Å²) in [7, 11) is -3.63. The zero-order valence-electron chi connectivity index (χ0n) is 10.1. The molecule has 2 N–H and O–H groups in total. The van der Waals surface area contributed by atoms with Crippen molar-refractivity contribution in [3.63, 3.8) is 0 Å². The lowest BCUT2D eigenvalue weighted by Crippen LogP contribution is -2.22. The van der Waals surface area contributed by atoms with Crippen LogP contribution in [0.4, 0.5) is 0 Å². The van der Waals surface area contributed by atoms with Crippen LogP contribution in [0.2, 0.25) is 0 Å². The Hall–Kier alpha value is -0.810. The highest BCUT2D eigenvalue weighted by atomic mass is 79.9. The van der Waals surface area contributed by atoms with Gasteiger partial charge in [0.25, 0.3) is 10.0 Å². The van der Waals surface area contributed by atoms with Gasteiger partial charge < -0.3 is 5.11 Å². The summed E-state index contributed by atoms with van der Waals surface area (Å²) in [4.78, 5) is 15.1. The molecule has 0 aliphatic rings. The molecule has 0 aliphatic heterocycles. The highest BCUT2D eigenvalue weighted by Crippen LogP contribution is 2.27. The molecule has 0 saturated heterocycles. The van der Waals surface area contributed by atoms with Gasteiger partial charge in [-0.2, -0.15) is 0 Å². The first-order valence-electron chi connectivity index (χ1n) is 5.23. The molecule has 2 rings (SSSR count). The van der Waals surface area contributed by atoms with Crippen LogP contribution in [-0.2, 0) is 16.6 Å². The Labute approximate surface area is 131 Å². The van der Waals surface area contributed by atoms with E-state index in [0.29, 0.717) is 15.2 Å². The molecule has 108 valence electrons. The summed E-state index contributed by atoms with van der Waals surface area (Å²) >= 11 is 5.22. The summed E-state index contributed by atoms with van der Waals surface area (Å²) in [5, 5.41) is 11.0. The fourth-order valence-electron chi connectivity index (χ4n) is 1.42. The van der Waals surface area contributed by atoms with Crippen LogP contribution in [0.3, 0.4) is 0 Å². The Balaban J connectivity index is 2.15. The SMILES string of the molecule is Cc1nc(CNS(=O)(=O)c2sccc2Br)sc1C(=O)O. The number of rotatable bonds is 5. The second kappa shape index (κ2) is 5.90. The first-order chi connectivity index (χ1) is 9.31. The third-order valence-electron chi connectivity index (χ3n) is 2.28. The van der Waals surface area contributed by atoms with Crippen LogP contribution in [0.5, 0.6) is 0 Å². The zero-order valence-corrected chi connectivity index (χ0v) is 14.1. The van der Waals surface area contributed by atoms with Crippen molar-refractivity contribution in [3.05, 3.63) is 31.5 Å². The van der Waals surface area contributed by atoms with Crippen molar-refractivity contribution in [1.82, 2.24) is 9.71 Å². The third-order valence-corrected chi connectivity index (χ3v) is 7.49. The molecule has 0 spiro atoms. The Morgan fingerprint density at radius 2 is 2.25 bits per heavy atom. The summed E-state index contributed by atoms with van der Waals surface area (Å²) in [5.41, 5.74) is 0.383. The number of halogens is 1. The van der Waals surface area contributed by atoms with Gasteiger partial charge in [0.2, 0.25) is 0 Å². The highest BCUT2D eigenvalue weighted by molar-refractivity contribution is 9.10. The number of hydrogen-bond acceptors (Lipinski definition) is 6. The van der Waals surface area contributed by atoms with Crippen LogP contribution in [0.15, 0.2) is 20.1 Å². The summed E-state index contributed by atoms with van der Waals surface area (Å²) < 4.78 is 27.2. The molecule has 0 saturated carbocycles. The molecule has 6 nitrogen and oxygen atoms in total. The van der Waals surface area contributed by atoms with Crippen molar-refractivity contribution in [2.75, 3.05) is 0 Å². The molecule has 2 heterocycles. The molecule has 10 heteroatoms. The smallest absolute Gasteiger partial charge is 0.347 e. The highest BCUT2D eigenvalue weighted by Gasteiger charge is 2.20. The van der Waals surface area contributed by atoms with Gasteiger partial charge in [0.1, 0.15) is 14.1 Å². The largest absolute Gasteiger partial charge is 0.477 e. The van der Waals surface area contributed by atoms with Gasteiger partial charge in [0.05, 0.1) is 12.2 Å². The maximum atomic E-state index is 12.0. The predicted octanol–water partition coefficient (Wildman–Crippen LogP) is 2.45. The topological polar surface area (TPSA) is 96.4 Å². The van der Waals surface area contributed by atoms with Crippen molar-refractivity contribution in [1.29, 1.82) is 0 Å². The predicted molar refractivity (Wildman–Crippen MR) is 79.9 cm³/mol. The molecule has 0 aliphatic carbocycles. The maximum Gasteiger partial charge on any atom is 0.347 e. The van der Waals surface area contributed by atoms with Gasteiger partial charge in [-0.05, 0) is 34.3 Å². The molecule has 0 fully saturated rings. The molecule has 0 atom stereocenters. The van der Waals surface area contributed by atoms with Crippen molar-refractivity contribution < 1.29 is 18.3 Å². The van der Waals surface area contributed by atoms with Crippen molar-refractivity contribution in [2.45, 2.75) is 17.7 Å². The summed E-state index contributed by atoms with van der Waals surface area (Å²) in [6.45, 7) is 1.54. The van der Waals surface area contributed by atoms with Crippen LogP contribution < -0.4 is 4.72 Å². The third kappa shape index (κ3) is 3.26. The van der Waals surface area contributed by atoms with Crippen LogP contribution >= 0.6 is 38.6 Å². The van der Waals surface area contributed by atoms with Crippen molar-refractivity contribution in [3.8, 4) is 0 Å². The average molecular weight is 397 g/mol. The Morgan fingerprint density at radius 1 is 1.55 bits per heavy atom. The van der Waals surface area contributed by atoms with Crippen LogP contribution in [0.1, 0.15) is 20.4 Å². The molecule has 20 heavy (non-hydrogen) atoms. The van der Waals surface area contributed by atoms with E-state index in [-0.39, 0.29) is 15.6 Å². The number of carbonyl (C=O) groups is 1. The lowest BCUT2D eigenvalue weighted by Gasteiger charge is -2.03. The first-order valence-corrected chi connectivity index (χ1v) is 9.21.